The second kappa shape index (κ2) is 9.34. The molecule has 35 heavy (non-hydrogen) atoms. The van der Waals surface area contributed by atoms with Crippen molar-refractivity contribution in [2.24, 2.45) is 0 Å². The summed E-state index contributed by atoms with van der Waals surface area (Å²) in [6.07, 6.45) is 2.00. The molecule has 0 amide bonds. The van der Waals surface area contributed by atoms with Crippen LogP contribution in [-0.4, -0.2) is 0 Å². The molecular formula is C34H25P. The molecule has 6 aromatic carbocycles. The van der Waals surface area contributed by atoms with Gasteiger partial charge in [-0.25, -0.2) is 0 Å². The van der Waals surface area contributed by atoms with Crippen molar-refractivity contribution in [2.45, 2.75) is 0 Å². The first kappa shape index (κ1) is 21.5. The minimum absolute atomic E-state index is 0.771. The Morgan fingerprint density at radius 2 is 0.943 bits per heavy atom. The highest BCUT2D eigenvalue weighted by atomic mass is 31.1. The third-order valence-corrected chi connectivity index (χ3v) is 9.09. The molecule has 0 radical (unpaired) electrons. The van der Waals surface area contributed by atoms with Gasteiger partial charge in [-0.1, -0.05) is 146 Å². The zero-order valence-corrected chi connectivity index (χ0v) is 20.3. The van der Waals surface area contributed by atoms with Crippen LogP contribution in [-0.2, 0) is 0 Å². The van der Waals surface area contributed by atoms with Gasteiger partial charge < -0.3 is 0 Å². The molecule has 0 heterocycles. The summed E-state index contributed by atoms with van der Waals surface area (Å²) in [6, 6.07) is 48.4. The van der Waals surface area contributed by atoms with E-state index in [2.05, 4.69) is 140 Å². The Labute approximate surface area is 208 Å². The highest BCUT2D eigenvalue weighted by Gasteiger charge is 2.23. The van der Waals surface area contributed by atoms with Gasteiger partial charge in [-0.3, -0.25) is 0 Å². The Kier molecular flexibility index (Phi) is 5.75. The normalized spacial score (nSPS) is 11.2. The van der Waals surface area contributed by atoms with E-state index in [1.807, 2.05) is 6.08 Å². The molecule has 0 N–H and O–H groups in total. The van der Waals surface area contributed by atoms with E-state index in [0.717, 1.165) is 5.56 Å². The van der Waals surface area contributed by atoms with E-state index in [1.54, 1.807) is 0 Å². The summed E-state index contributed by atoms with van der Waals surface area (Å²) in [4.78, 5) is 0. The van der Waals surface area contributed by atoms with Crippen LogP contribution in [0.3, 0.4) is 0 Å². The van der Waals surface area contributed by atoms with Gasteiger partial charge in [0.2, 0.25) is 0 Å². The molecule has 166 valence electrons. The van der Waals surface area contributed by atoms with Gasteiger partial charge >= 0.3 is 0 Å². The monoisotopic (exact) mass is 464 g/mol. The van der Waals surface area contributed by atoms with Gasteiger partial charge in [0.15, 0.2) is 0 Å². The lowest BCUT2D eigenvalue weighted by Crippen LogP contribution is -2.22. The van der Waals surface area contributed by atoms with Crippen LogP contribution in [0.15, 0.2) is 140 Å². The van der Waals surface area contributed by atoms with Gasteiger partial charge in [0.05, 0.1) is 0 Å². The maximum Gasteiger partial charge on any atom is -0.000947 e. The smallest absolute Gasteiger partial charge is 0.000947 e. The third kappa shape index (κ3) is 3.87. The molecule has 0 saturated carbocycles. The molecule has 6 rings (SSSR count). The topological polar surface area (TPSA) is 0 Å². The third-order valence-electron chi connectivity index (χ3n) is 6.61. The average molecular weight is 465 g/mol. The molecule has 0 atom stereocenters. The van der Waals surface area contributed by atoms with E-state index < -0.39 is 7.92 Å². The zero-order chi connectivity index (χ0) is 23.6. The van der Waals surface area contributed by atoms with Crippen LogP contribution < -0.4 is 15.9 Å². The molecule has 0 aliphatic heterocycles. The highest BCUT2D eigenvalue weighted by Crippen LogP contribution is 2.43. The fourth-order valence-corrected chi connectivity index (χ4v) is 7.50. The Bertz CT molecular complexity index is 1610. The van der Waals surface area contributed by atoms with E-state index in [1.165, 1.54) is 48.6 Å². The molecule has 0 aliphatic rings. The molecule has 6 aromatic rings. The van der Waals surface area contributed by atoms with Gasteiger partial charge in [0, 0.05) is 0 Å². The molecule has 0 bridgehead atoms. The summed E-state index contributed by atoms with van der Waals surface area (Å²) in [5, 5.41) is 9.12. The van der Waals surface area contributed by atoms with Gasteiger partial charge in [-0.2, -0.15) is 0 Å². The lowest BCUT2D eigenvalue weighted by molar-refractivity contribution is 1.67. The predicted octanol–water partition coefficient (Wildman–Crippen LogP) is 8.06. The largest absolute Gasteiger partial charge is 0.0984 e. The van der Waals surface area contributed by atoms with E-state index >= 15 is 0 Å². The minimum Gasteiger partial charge on any atom is -0.0984 e. The first-order valence-corrected chi connectivity index (χ1v) is 13.3. The Morgan fingerprint density at radius 3 is 1.51 bits per heavy atom. The molecule has 0 aromatic heterocycles. The van der Waals surface area contributed by atoms with Crippen molar-refractivity contribution in [3.05, 3.63) is 146 Å². The van der Waals surface area contributed by atoms with Crippen molar-refractivity contribution in [2.75, 3.05) is 0 Å². The summed E-state index contributed by atoms with van der Waals surface area (Å²) in [6.45, 7) is 4.20. The van der Waals surface area contributed by atoms with Gasteiger partial charge in [0.25, 0.3) is 0 Å². The Hall–Kier alpha value is -3.99. The number of hydrogen-bond donors (Lipinski definition) is 0. The lowest BCUT2D eigenvalue weighted by atomic mass is 9.90. The van der Waals surface area contributed by atoms with Crippen molar-refractivity contribution in [3.63, 3.8) is 0 Å². The quantitative estimate of drug-likeness (QED) is 0.226. The van der Waals surface area contributed by atoms with Crippen molar-refractivity contribution >= 4 is 51.5 Å². The summed E-state index contributed by atoms with van der Waals surface area (Å²) in [5.41, 5.74) is 3.75. The Morgan fingerprint density at radius 1 is 0.457 bits per heavy atom. The van der Waals surface area contributed by atoms with Crippen LogP contribution in [0.25, 0.3) is 38.7 Å². The van der Waals surface area contributed by atoms with E-state index in [-0.39, 0.29) is 0 Å². The van der Waals surface area contributed by atoms with Gasteiger partial charge in [-0.15, -0.1) is 0 Å². The van der Waals surface area contributed by atoms with E-state index in [4.69, 9.17) is 0 Å². The predicted molar refractivity (Wildman–Crippen MR) is 156 cm³/mol. The Balaban J connectivity index is 1.78. The second-order valence-electron chi connectivity index (χ2n) is 8.64. The second-order valence-corrected chi connectivity index (χ2v) is 10.8. The highest BCUT2D eigenvalue weighted by molar-refractivity contribution is 7.80. The SMILES string of the molecule is C=Cc1ccc2ccccc2c1-c1c(P(c2ccccc2)c2ccccc2)ccc2ccccc12. The van der Waals surface area contributed by atoms with Crippen molar-refractivity contribution in [1.82, 2.24) is 0 Å². The molecule has 0 aliphatic carbocycles. The molecule has 0 saturated heterocycles. The minimum atomic E-state index is -0.771. The van der Waals surface area contributed by atoms with Crippen LogP contribution in [0.2, 0.25) is 0 Å². The molecule has 0 unspecified atom stereocenters. The summed E-state index contributed by atoms with van der Waals surface area (Å²) >= 11 is 0. The first-order valence-electron chi connectivity index (χ1n) is 11.9. The van der Waals surface area contributed by atoms with Crippen LogP contribution >= 0.6 is 7.92 Å². The van der Waals surface area contributed by atoms with Crippen molar-refractivity contribution < 1.29 is 0 Å². The standard InChI is InChI=1S/C34H25P/c1-2-25-21-22-26-13-9-11-19-30(26)33(25)34-31-20-12-10-14-27(31)23-24-32(34)35(28-15-5-3-6-16-28)29-17-7-4-8-18-29/h2-24H,1H2. The fraction of sp³-hybridized carbons (Fsp3) is 0. The zero-order valence-electron chi connectivity index (χ0n) is 19.4. The fourth-order valence-electron chi connectivity index (χ4n) is 5.03. The van der Waals surface area contributed by atoms with Gasteiger partial charge in [-0.05, 0) is 62.1 Å². The van der Waals surface area contributed by atoms with Crippen molar-refractivity contribution in [3.8, 4) is 11.1 Å². The summed E-state index contributed by atoms with van der Waals surface area (Å²) in [7, 11) is -0.771. The van der Waals surface area contributed by atoms with E-state index in [9.17, 15) is 0 Å². The van der Waals surface area contributed by atoms with Gasteiger partial charge in [0.1, 0.15) is 0 Å². The van der Waals surface area contributed by atoms with Crippen LogP contribution in [0, 0.1) is 0 Å². The van der Waals surface area contributed by atoms with Crippen molar-refractivity contribution in [1.29, 1.82) is 0 Å². The maximum atomic E-state index is 4.20. The maximum absolute atomic E-state index is 4.20. The number of fused-ring (bicyclic) bond motifs is 2. The number of rotatable bonds is 5. The lowest BCUT2D eigenvalue weighted by Gasteiger charge is -2.25. The summed E-state index contributed by atoms with van der Waals surface area (Å²) in [5.74, 6) is 0. The number of hydrogen-bond acceptors (Lipinski definition) is 0. The molecule has 0 spiro atoms. The molecule has 0 fully saturated rings. The first-order chi connectivity index (χ1) is 17.3. The molecule has 0 nitrogen and oxygen atoms in total. The summed E-state index contributed by atoms with van der Waals surface area (Å²) < 4.78 is 0. The van der Waals surface area contributed by atoms with E-state index in [0.29, 0.717) is 0 Å². The molecule has 1 heteroatoms. The molecular weight excluding hydrogens is 439 g/mol. The van der Waals surface area contributed by atoms with Crippen LogP contribution in [0.1, 0.15) is 5.56 Å². The number of benzene rings is 6. The van der Waals surface area contributed by atoms with Crippen LogP contribution in [0.5, 0.6) is 0 Å². The average Bonchev–Trinajstić information content (AvgIpc) is 2.94. The van der Waals surface area contributed by atoms with Crippen LogP contribution in [0.4, 0.5) is 0 Å².